The van der Waals surface area contributed by atoms with E-state index in [0.29, 0.717) is 44.1 Å². The van der Waals surface area contributed by atoms with Crippen molar-refractivity contribution in [3.05, 3.63) is 0 Å². The molecule has 7 unspecified atom stereocenters. The summed E-state index contributed by atoms with van der Waals surface area (Å²) in [6.45, 7) is 59.8. The summed E-state index contributed by atoms with van der Waals surface area (Å²) in [5.74, 6) is -2.03. The van der Waals surface area contributed by atoms with Crippen LogP contribution in [0, 0.1) is 38.9 Å². The Balaban J connectivity index is 0.000000720. The molecular formula is C85H147N7O18S5. The van der Waals surface area contributed by atoms with E-state index in [1.54, 1.807) is 85.8 Å². The Morgan fingerprint density at radius 3 is 1.23 bits per heavy atom. The molecule has 4 saturated heterocycles. The summed E-state index contributed by atoms with van der Waals surface area (Å²) in [4.78, 5) is 187. The van der Waals surface area contributed by atoms with Crippen LogP contribution < -0.4 is 16.8 Å². The standard InChI is InChI=1S/C20H33NO3S.C18H31NO3S.C17H29NO5S.C15H28N2O4S.C15H26N2O3S/c1-19(2,3)17(23)14-9-7-13(8-10-14)12-21-16(22)11-15(18(21)24)25-20(4,5)6;1-17(2,3)14(20)10-8-7-9-11-19-15(21)12-13(16(19)22)23-18(4,5)6;1-16(2,3)15(21)23-10-9-22-8-7-18-13(19)11-12(14(18)20)24-17(4,5)6;1-14(2,3)12(20)9(8-16)17-13(21)10(7-11(18)19)22-15(4,5)6;1-14(2,3)12(19)9(8-16)17-11(18)7-10(13(17)20)21-15(4,5)6/h13-15H,7-12H2,1-6H3;13H,7-12H2,1-6H3;12H,7-11H2,1-6H3;9-10H,7-8,16H2,1-6H3,(H,17,21)(H,18,19);9-10H,7-8,16H2,1-6H3. The normalized spacial score (nSPS) is 21.0. The number of hydrogen-bond acceptors (Lipinski definition) is 24. The molecule has 6 N–H and O–H groups in total. The topological polar surface area (TPSA) is 372 Å². The van der Waals surface area contributed by atoms with Gasteiger partial charge < -0.3 is 31.4 Å². The van der Waals surface area contributed by atoms with Gasteiger partial charge >= 0.3 is 11.9 Å². The van der Waals surface area contributed by atoms with Gasteiger partial charge in [0.1, 0.15) is 30.3 Å². The smallest absolute Gasteiger partial charge is 0.311 e. The van der Waals surface area contributed by atoms with Crippen LogP contribution in [-0.2, 0) is 81.4 Å². The quantitative estimate of drug-likeness (QED) is 0.0307. The van der Waals surface area contributed by atoms with Gasteiger partial charge in [-0.2, -0.15) is 0 Å². The molecular weight excluding hydrogens is 1570 g/mol. The fraction of sp³-hybridized carbons (Fsp3) is 0.824. The minimum Gasteiger partial charge on any atom is -0.481 e. The highest BCUT2D eigenvalue weighted by Gasteiger charge is 2.49. The van der Waals surface area contributed by atoms with Gasteiger partial charge in [-0.05, 0) is 65.2 Å². The van der Waals surface area contributed by atoms with E-state index < -0.39 is 50.7 Å². The first-order chi connectivity index (χ1) is 51.9. The number of amides is 9. The van der Waals surface area contributed by atoms with E-state index in [2.05, 4.69) is 46.9 Å². The highest BCUT2D eigenvalue weighted by atomic mass is 32.2. The zero-order valence-electron chi connectivity index (χ0n) is 75.4. The Bertz CT molecular complexity index is 3360. The average Bonchev–Trinajstić information content (AvgIpc) is 1.68. The van der Waals surface area contributed by atoms with Crippen molar-refractivity contribution < 1.29 is 86.5 Å². The number of Topliss-reactive ketones (excluding diaryl/α,β-unsaturated/α-hetero) is 4. The number of hydrogen-bond donors (Lipinski definition) is 4. The van der Waals surface area contributed by atoms with E-state index in [9.17, 15) is 71.9 Å². The van der Waals surface area contributed by atoms with Gasteiger partial charge in [0.15, 0.2) is 11.6 Å². The molecule has 1 aliphatic carbocycles. The van der Waals surface area contributed by atoms with E-state index in [0.717, 1.165) is 49.8 Å². The van der Waals surface area contributed by atoms with Crippen molar-refractivity contribution in [2.75, 3.05) is 52.5 Å². The summed E-state index contributed by atoms with van der Waals surface area (Å²) in [6, 6.07) is -1.65. The maximum absolute atomic E-state index is 12.6. The second-order valence-corrected chi connectivity index (χ2v) is 50.5. The molecule has 0 spiro atoms. The van der Waals surface area contributed by atoms with Crippen LogP contribution in [0.5, 0.6) is 0 Å². The molecule has 0 radical (unpaired) electrons. The van der Waals surface area contributed by atoms with E-state index in [1.165, 1.54) is 50.0 Å². The summed E-state index contributed by atoms with van der Waals surface area (Å²) in [5.41, 5.74) is 8.90. The summed E-state index contributed by atoms with van der Waals surface area (Å²) < 4.78 is 9.93. The molecule has 4 heterocycles. The van der Waals surface area contributed by atoms with Gasteiger partial charge in [0.25, 0.3) is 0 Å². The molecule has 25 nitrogen and oxygen atoms in total. The number of thioether (sulfide) groups is 5. The number of ketones is 4. The van der Waals surface area contributed by atoms with Crippen LogP contribution in [0.15, 0.2) is 0 Å². The van der Waals surface area contributed by atoms with Gasteiger partial charge in [0, 0.05) is 110 Å². The lowest BCUT2D eigenvalue weighted by Crippen LogP contribution is -2.52. The summed E-state index contributed by atoms with van der Waals surface area (Å²) >= 11 is 7.42. The summed E-state index contributed by atoms with van der Waals surface area (Å²) in [5, 5.41) is 9.63. The number of carboxylic acids is 1. The molecule has 1 saturated carbocycles. The number of nitrogens with two attached hydrogens (primary N) is 2. The first kappa shape index (κ1) is 108. The van der Waals surface area contributed by atoms with E-state index in [-0.39, 0.29) is 186 Å². The number of carbonyl (C=O) groups excluding carboxylic acids is 14. The van der Waals surface area contributed by atoms with Gasteiger partial charge in [-0.25, -0.2) is 0 Å². The molecule has 5 rings (SSSR count). The summed E-state index contributed by atoms with van der Waals surface area (Å²) in [7, 11) is 0. The van der Waals surface area contributed by atoms with Crippen LogP contribution in [-0.4, -0.2) is 228 Å². The Morgan fingerprint density at radius 2 is 0.861 bits per heavy atom. The number of nitrogens with one attached hydrogen (secondary N) is 1. The lowest BCUT2D eigenvalue weighted by molar-refractivity contribution is -0.154. The fourth-order valence-electron chi connectivity index (χ4n) is 12.5. The Labute approximate surface area is 710 Å². The Morgan fingerprint density at radius 1 is 0.452 bits per heavy atom. The molecule has 4 aliphatic heterocycles. The molecule has 0 aromatic carbocycles. The fourth-order valence-corrected chi connectivity index (χ4v) is 19.0. The van der Waals surface area contributed by atoms with Crippen LogP contribution in [0.3, 0.4) is 0 Å². The Kier molecular flexibility index (Phi) is 42.6. The van der Waals surface area contributed by atoms with Crippen molar-refractivity contribution in [2.24, 2.45) is 50.4 Å². The number of esters is 1. The predicted molar refractivity (Wildman–Crippen MR) is 465 cm³/mol. The third-order valence-corrected chi connectivity index (χ3v) is 24.9. The van der Waals surface area contributed by atoms with Gasteiger partial charge in [0.2, 0.25) is 53.2 Å². The molecule has 0 aromatic rings. The van der Waals surface area contributed by atoms with Crippen molar-refractivity contribution >= 4 is 147 Å². The number of carbonyl (C=O) groups is 15. The molecule has 5 aliphatic rings. The molecule has 7 atom stereocenters. The molecule has 0 bridgehead atoms. The van der Waals surface area contributed by atoms with E-state index in [4.69, 9.17) is 26.0 Å². The Hall–Kier alpha value is -4.72. The predicted octanol–water partition coefficient (Wildman–Crippen LogP) is 13.1. The number of carboxylic acid groups (broad SMARTS) is 1. The van der Waals surface area contributed by atoms with Crippen LogP contribution in [0.4, 0.5) is 0 Å². The zero-order chi connectivity index (χ0) is 89.7. The number of nitrogens with zero attached hydrogens (tertiary/aromatic N) is 4. The molecule has 5 fully saturated rings. The summed E-state index contributed by atoms with van der Waals surface area (Å²) in [6.07, 6.45) is 7.45. The van der Waals surface area contributed by atoms with Crippen LogP contribution in [0.25, 0.3) is 0 Å². The monoisotopic (exact) mass is 1710 g/mol. The first-order valence-electron chi connectivity index (χ1n) is 40.5. The minimum absolute atomic E-state index is 0.0121. The van der Waals surface area contributed by atoms with Gasteiger partial charge in [-0.1, -0.05) is 193 Å². The number of rotatable bonds is 29. The van der Waals surface area contributed by atoms with Crippen molar-refractivity contribution in [1.82, 2.24) is 24.9 Å². The van der Waals surface area contributed by atoms with Crippen LogP contribution in [0.1, 0.15) is 291 Å². The highest BCUT2D eigenvalue weighted by molar-refractivity contribution is 8.03. The van der Waals surface area contributed by atoms with Gasteiger partial charge in [-0.3, -0.25) is 91.5 Å². The number of aliphatic carboxylic acids is 1. The molecule has 30 heteroatoms. The third kappa shape index (κ3) is 40.0. The molecule has 660 valence electrons. The third-order valence-electron chi connectivity index (χ3n) is 18.1. The maximum Gasteiger partial charge on any atom is 0.311 e. The van der Waals surface area contributed by atoms with Crippen LogP contribution >= 0.6 is 58.8 Å². The van der Waals surface area contributed by atoms with E-state index >= 15 is 0 Å². The van der Waals surface area contributed by atoms with Crippen molar-refractivity contribution in [3.8, 4) is 0 Å². The van der Waals surface area contributed by atoms with Crippen molar-refractivity contribution in [2.45, 2.75) is 353 Å². The number of unbranched alkanes of at least 4 members (excludes halogenated alkanes) is 2. The molecule has 115 heavy (non-hydrogen) atoms. The molecule has 0 aromatic heterocycles. The maximum atomic E-state index is 12.6. The second kappa shape index (κ2) is 45.2. The number of likely N-dealkylation sites (tertiary alicyclic amines) is 4. The first-order valence-corrected chi connectivity index (χ1v) is 44.9. The van der Waals surface area contributed by atoms with Crippen molar-refractivity contribution in [3.63, 3.8) is 0 Å². The van der Waals surface area contributed by atoms with Gasteiger partial charge in [0.05, 0.1) is 57.8 Å². The van der Waals surface area contributed by atoms with Crippen LogP contribution in [0.2, 0.25) is 0 Å². The highest BCUT2D eigenvalue weighted by Crippen LogP contribution is 2.41. The number of imide groups is 4. The molecule has 9 amide bonds. The van der Waals surface area contributed by atoms with Crippen molar-refractivity contribution in [1.29, 1.82) is 0 Å². The van der Waals surface area contributed by atoms with E-state index in [1.807, 2.05) is 104 Å². The SMILES string of the molecule is CC(C)(C)SC(CC(=O)O)C(=O)NC(CN)C(=O)C(C)(C)C.CC(C)(C)SC1CC(=O)N(C(CN)C(=O)C(C)(C)C)C1=O.CC(C)(C)SC1CC(=O)N(CC2CCC(C(=O)C(C)(C)C)CC2)C1=O.CC(C)(C)SC1CC(=O)N(CCCCCC(=O)C(C)(C)C)C1=O.CC(C)(C)SC1CC(=O)N(CCOCCOC(=O)C(C)(C)C)C1=O. The lowest BCUT2D eigenvalue weighted by Gasteiger charge is -2.33. The van der Waals surface area contributed by atoms with Gasteiger partial charge in [-0.15, -0.1) is 58.8 Å². The minimum atomic E-state index is -1.05. The number of ether oxygens (including phenoxy) is 2. The zero-order valence-corrected chi connectivity index (χ0v) is 79.5. The largest absolute Gasteiger partial charge is 0.481 e. The lowest BCUT2D eigenvalue weighted by atomic mass is 9.73. The average molecular weight is 1720 g/mol. The second-order valence-electron chi connectivity index (χ2n) is 40.3.